The minimum absolute atomic E-state index is 0.275. The van der Waals surface area contributed by atoms with Crippen molar-refractivity contribution in [2.75, 3.05) is 13.2 Å². The van der Waals surface area contributed by atoms with Crippen LogP contribution in [0.25, 0.3) is 5.69 Å². The number of hydrogen-bond acceptors (Lipinski definition) is 4. The molecule has 1 aromatic carbocycles. The fraction of sp³-hybridized carbons (Fsp3) is 0.526. The fourth-order valence-electron chi connectivity index (χ4n) is 3.83. The molecule has 1 saturated carbocycles. The molecule has 2 aromatic rings. The highest BCUT2D eigenvalue weighted by molar-refractivity contribution is 5.37. The lowest BCUT2D eigenvalue weighted by atomic mass is 9.89. The molecular formula is C19H25N3O2. The molecule has 2 heterocycles. The summed E-state index contributed by atoms with van der Waals surface area (Å²) in [7, 11) is 0. The minimum atomic E-state index is -0.275. The monoisotopic (exact) mass is 327 g/mol. The van der Waals surface area contributed by atoms with E-state index in [-0.39, 0.29) is 5.79 Å². The average Bonchev–Trinajstić information content (AvgIpc) is 3.30. The summed E-state index contributed by atoms with van der Waals surface area (Å²) in [4.78, 5) is 4.13. The van der Waals surface area contributed by atoms with Gasteiger partial charge in [0.2, 0.25) is 0 Å². The summed E-state index contributed by atoms with van der Waals surface area (Å²) in [5, 5.41) is 3.78. The first-order valence-electron chi connectivity index (χ1n) is 8.86. The Morgan fingerprint density at radius 3 is 2.75 bits per heavy atom. The number of benzene rings is 1. The van der Waals surface area contributed by atoms with Crippen molar-refractivity contribution < 1.29 is 9.47 Å². The molecule has 1 spiro atoms. The van der Waals surface area contributed by atoms with Gasteiger partial charge in [-0.15, -0.1) is 0 Å². The van der Waals surface area contributed by atoms with Crippen molar-refractivity contribution in [3.8, 4) is 5.69 Å². The number of ether oxygens (including phenoxy) is 2. The highest BCUT2D eigenvalue weighted by Crippen LogP contribution is 2.36. The Morgan fingerprint density at radius 1 is 1.25 bits per heavy atom. The second-order valence-corrected chi connectivity index (χ2v) is 6.84. The third-order valence-corrected chi connectivity index (χ3v) is 5.22. The van der Waals surface area contributed by atoms with Crippen LogP contribution in [0.3, 0.4) is 0 Å². The van der Waals surface area contributed by atoms with Gasteiger partial charge < -0.3 is 19.4 Å². The lowest BCUT2D eigenvalue weighted by Crippen LogP contribution is -2.42. The van der Waals surface area contributed by atoms with Crippen molar-refractivity contribution in [1.82, 2.24) is 14.9 Å². The van der Waals surface area contributed by atoms with Crippen LogP contribution >= 0.6 is 0 Å². The van der Waals surface area contributed by atoms with Crippen LogP contribution in [0.4, 0.5) is 0 Å². The Labute approximate surface area is 143 Å². The topological polar surface area (TPSA) is 48.3 Å². The zero-order valence-corrected chi connectivity index (χ0v) is 14.1. The summed E-state index contributed by atoms with van der Waals surface area (Å²) in [6, 6.07) is 9.47. The van der Waals surface area contributed by atoms with Gasteiger partial charge in [0, 0.05) is 43.0 Å². The van der Waals surface area contributed by atoms with Crippen molar-refractivity contribution in [3.63, 3.8) is 0 Å². The molecule has 2 aliphatic rings. The zero-order valence-electron chi connectivity index (χ0n) is 14.1. The molecule has 1 atom stereocenters. The molecular weight excluding hydrogens is 302 g/mol. The van der Waals surface area contributed by atoms with Crippen molar-refractivity contribution in [3.05, 3.63) is 48.5 Å². The Hall–Kier alpha value is -1.69. The van der Waals surface area contributed by atoms with E-state index < -0.39 is 0 Å². The number of rotatable bonds is 4. The van der Waals surface area contributed by atoms with Gasteiger partial charge in [0.05, 0.1) is 19.5 Å². The van der Waals surface area contributed by atoms with E-state index in [0.717, 1.165) is 44.6 Å². The number of aromatic nitrogens is 2. The SMILES string of the molecule is C[C@@H](NC1CCC2(CC1)OCCO2)c1cccc(-n2ccnc2)c1. The summed E-state index contributed by atoms with van der Waals surface area (Å²) in [6.07, 6.45) is 9.80. The average molecular weight is 327 g/mol. The minimum Gasteiger partial charge on any atom is -0.348 e. The van der Waals surface area contributed by atoms with E-state index in [1.807, 2.05) is 17.1 Å². The van der Waals surface area contributed by atoms with Gasteiger partial charge in [-0.25, -0.2) is 4.98 Å². The highest BCUT2D eigenvalue weighted by Gasteiger charge is 2.40. The molecule has 5 heteroatoms. The van der Waals surface area contributed by atoms with Gasteiger partial charge in [0.15, 0.2) is 5.79 Å². The van der Waals surface area contributed by atoms with Crippen LogP contribution in [-0.4, -0.2) is 34.6 Å². The molecule has 1 aromatic heterocycles. The standard InChI is InChI=1S/C19H25N3O2/c1-15(16-3-2-4-18(13-16)22-10-9-20-14-22)21-17-5-7-19(8-6-17)23-11-12-24-19/h2-4,9-10,13-15,17,21H,5-8,11-12H2,1H3/t15-/m1/s1. The Bertz CT molecular complexity index is 655. The number of nitrogens with zero attached hydrogens (tertiary/aromatic N) is 2. The maximum Gasteiger partial charge on any atom is 0.168 e. The third kappa shape index (κ3) is 3.24. The zero-order chi connectivity index (χ0) is 16.4. The quantitative estimate of drug-likeness (QED) is 0.937. The predicted octanol–water partition coefficient (Wildman–Crippen LogP) is 3.21. The Morgan fingerprint density at radius 2 is 2.04 bits per heavy atom. The van der Waals surface area contributed by atoms with Crippen LogP contribution in [0.15, 0.2) is 43.0 Å². The molecule has 4 rings (SSSR count). The largest absolute Gasteiger partial charge is 0.348 e. The van der Waals surface area contributed by atoms with Crippen molar-refractivity contribution in [2.45, 2.75) is 50.5 Å². The van der Waals surface area contributed by atoms with Crippen LogP contribution in [0.1, 0.15) is 44.2 Å². The van der Waals surface area contributed by atoms with E-state index in [1.165, 1.54) is 5.56 Å². The molecule has 2 fully saturated rings. The van der Waals surface area contributed by atoms with Crippen LogP contribution in [-0.2, 0) is 9.47 Å². The first-order valence-corrected chi connectivity index (χ1v) is 8.86. The van der Waals surface area contributed by atoms with Crippen molar-refractivity contribution in [2.24, 2.45) is 0 Å². The van der Waals surface area contributed by atoms with Gasteiger partial charge >= 0.3 is 0 Å². The second kappa shape index (κ2) is 6.67. The van der Waals surface area contributed by atoms with Crippen LogP contribution in [0, 0.1) is 0 Å². The maximum atomic E-state index is 5.82. The molecule has 1 aliphatic heterocycles. The predicted molar refractivity (Wildman–Crippen MR) is 92.0 cm³/mol. The summed E-state index contributed by atoms with van der Waals surface area (Å²) in [6.45, 7) is 3.73. The Kier molecular flexibility index (Phi) is 4.39. The van der Waals surface area contributed by atoms with Crippen molar-refractivity contribution >= 4 is 0 Å². The lowest BCUT2D eigenvalue weighted by molar-refractivity contribution is -0.179. The molecule has 1 aliphatic carbocycles. The number of hydrogen-bond donors (Lipinski definition) is 1. The van der Waals surface area contributed by atoms with E-state index in [2.05, 4.69) is 41.5 Å². The first-order chi connectivity index (χ1) is 11.7. The van der Waals surface area contributed by atoms with Gasteiger partial charge in [-0.3, -0.25) is 0 Å². The molecule has 128 valence electrons. The lowest BCUT2D eigenvalue weighted by Gasteiger charge is -2.36. The van der Waals surface area contributed by atoms with Crippen LogP contribution < -0.4 is 5.32 Å². The highest BCUT2D eigenvalue weighted by atomic mass is 16.7. The van der Waals surface area contributed by atoms with E-state index in [0.29, 0.717) is 12.1 Å². The molecule has 1 N–H and O–H groups in total. The maximum absolute atomic E-state index is 5.82. The van der Waals surface area contributed by atoms with Crippen molar-refractivity contribution in [1.29, 1.82) is 0 Å². The molecule has 5 nitrogen and oxygen atoms in total. The van der Waals surface area contributed by atoms with Gasteiger partial charge in [-0.1, -0.05) is 12.1 Å². The van der Waals surface area contributed by atoms with Gasteiger partial charge in [-0.2, -0.15) is 0 Å². The molecule has 0 radical (unpaired) electrons. The third-order valence-electron chi connectivity index (χ3n) is 5.22. The van der Waals surface area contributed by atoms with E-state index >= 15 is 0 Å². The summed E-state index contributed by atoms with van der Waals surface area (Å²) < 4.78 is 13.7. The number of nitrogens with one attached hydrogen (secondary N) is 1. The van der Waals surface area contributed by atoms with Crippen LogP contribution in [0.5, 0.6) is 0 Å². The summed E-state index contributed by atoms with van der Waals surface area (Å²) in [5.74, 6) is -0.275. The second-order valence-electron chi connectivity index (χ2n) is 6.84. The smallest absolute Gasteiger partial charge is 0.168 e. The van der Waals surface area contributed by atoms with Gasteiger partial charge in [0.1, 0.15) is 0 Å². The first kappa shape index (κ1) is 15.8. The summed E-state index contributed by atoms with van der Waals surface area (Å²) in [5.41, 5.74) is 2.45. The number of imidazole rings is 1. The molecule has 24 heavy (non-hydrogen) atoms. The van der Waals surface area contributed by atoms with Crippen LogP contribution in [0.2, 0.25) is 0 Å². The van der Waals surface area contributed by atoms with E-state index in [9.17, 15) is 0 Å². The van der Waals surface area contributed by atoms with E-state index in [1.54, 1.807) is 6.20 Å². The van der Waals surface area contributed by atoms with E-state index in [4.69, 9.17) is 9.47 Å². The molecule has 0 bridgehead atoms. The van der Waals surface area contributed by atoms with Gasteiger partial charge in [-0.05, 0) is 37.5 Å². The summed E-state index contributed by atoms with van der Waals surface area (Å²) >= 11 is 0. The Balaban J connectivity index is 1.38. The molecule has 0 amide bonds. The molecule has 1 saturated heterocycles. The molecule has 0 unspecified atom stereocenters. The normalized spacial score (nSPS) is 22.0. The fourth-order valence-corrected chi connectivity index (χ4v) is 3.83. The van der Waals surface area contributed by atoms with Gasteiger partial charge in [0.25, 0.3) is 0 Å².